The molecule has 0 aromatic rings. The van der Waals surface area contributed by atoms with Gasteiger partial charge >= 0.3 is 17.8 Å². The van der Waals surface area contributed by atoms with E-state index in [4.69, 9.17) is 0 Å². The number of methoxy groups -OCH3 is 2. The first-order valence-corrected chi connectivity index (χ1v) is 4.89. The van der Waals surface area contributed by atoms with Gasteiger partial charge in [0.2, 0.25) is 0 Å². The van der Waals surface area contributed by atoms with Gasteiger partial charge in [-0.1, -0.05) is 13.8 Å². The first-order chi connectivity index (χ1) is 7.42. The van der Waals surface area contributed by atoms with E-state index < -0.39 is 23.9 Å². The minimum Gasteiger partial charge on any atom is -0.467 e. The van der Waals surface area contributed by atoms with E-state index in [0.717, 1.165) is 7.11 Å². The van der Waals surface area contributed by atoms with Gasteiger partial charge in [0.1, 0.15) is 6.04 Å². The maximum absolute atomic E-state index is 11.3. The Morgan fingerprint density at radius 2 is 1.69 bits per heavy atom. The van der Waals surface area contributed by atoms with Gasteiger partial charge in [-0.15, -0.1) is 0 Å². The highest BCUT2D eigenvalue weighted by molar-refractivity contribution is 6.32. The van der Waals surface area contributed by atoms with E-state index in [1.165, 1.54) is 7.11 Å². The minimum absolute atomic E-state index is 0.182. The number of hydrogen-bond donors (Lipinski definition) is 1. The third kappa shape index (κ3) is 4.77. The number of rotatable bonds is 4. The normalized spacial score (nSPS) is 11.8. The molecular weight excluding hydrogens is 214 g/mol. The molecule has 1 amide bonds. The van der Waals surface area contributed by atoms with Gasteiger partial charge in [0, 0.05) is 0 Å². The van der Waals surface area contributed by atoms with Crippen LogP contribution in [0, 0.1) is 5.92 Å². The van der Waals surface area contributed by atoms with Crippen molar-refractivity contribution in [2.24, 2.45) is 5.92 Å². The molecule has 0 aliphatic carbocycles. The van der Waals surface area contributed by atoms with Gasteiger partial charge in [-0.05, 0) is 12.3 Å². The SMILES string of the molecule is COC(=O)C(=O)N[C@@H](CC(C)C)C(=O)OC. The quantitative estimate of drug-likeness (QED) is 0.538. The molecule has 6 heteroatoms. The molecule has 6 nitrogen and oxygen atoms in total. The van der Waals surface area contributed by atoms with E-state index in [1.807, 2.05) is 13.8 Å². The van der Waals surface area contributed by atoms with Gasteiger partial charge in [-0.2, -0.15) is 0 Å². The maximum Gasteiger partial charge on any atom is 0.396 e. The van der Waals surface area contributed by atoms with Crippen molar-refractivity contribution in [3.63, 3.8) is 0 Å². The zero-order valence-corrected chi connectivity index (χ0v) is 9.90. The summed E-state index contributed by atoms with van der Waals surface area (Å²) in [6.07, 6.45) is 0.398. The minimum atomic E-state index is -1.03. The average molecular weight is 231 g/mol. The summed E-state index contributed by atoms with van der Waals surface area (Å²) in [5.41, 5.74) is 0. The third-order valence-electron chi connectivity index (χ3n) is 1.87. The van der Waals surface area contributed by atoms with Crippen molar-refractivity contribution in [3.05, 3.63) is 0 Å². The smallest absolute Gasteiger partial charge is 0.396 e. The lowest BCUT2D eigenvalue weighted by atomic mass is 10.0. The van der Waals surface area contributed by atoms with Crippen LogP contribution in [0.4, 0.5) is 0 Å². The van der Waals surface area contributed by atoms with E-state index in [0.29, 0.717) is 6.42 Å². The summed E-state index contributed by atoms with van der Waals surface area (Å²) in [4.78, 5) is 33.4. The zero-order chi connectivity index (χ0) is 12.7. The van der Waals surface area contributed by atoms with Crippen LogP contribution in [0.1, 0.15) is 20.3 Å². The second kappa shape index (κ2) is 6.81. The predicted molar refractivity (Wildman–Crippen MR) is 55.4 cm³/mol. The molecule has 0 saturated heterocycles. The highest BCUT2D eigenvalue weighted by Crippen LogP contribution is 2.06. The number of ether oxygens (including phenoxy) is 2. The Morgan fingerprint density at radius 3 is 2.06 bits per heavy atom. The molecule has 0 radical (unpaired) electrons. The maximum atomic E-state index is 11.3. The van der Waals surface area contributed by atoms with Gasteiger partial charge in [0.25, 0.3) is 0 Å². The summed E-state index contributed by atoms with van der Waals surface area (Å²) in [6.45, 7) is 3.78. The number of nitrogens with one attached hydrogen (secondary N) is 1. The van der Waals surface area contributed by atoms with Crippen LogP contribution in [-0.2, 0) is 23.9 Å². The molecule has 1 N–H and O–H groups in total. The van der Waals surface area contributed by atoms with E-state index in [2.05, 4.69) is 14.8 Å². The van der Waals surface area contributed by atoms with Crippen molar-refractivity contribution in [2.45, 2.75) is 26.3 Å². The molecule has 0 fully saturated rings. The van der Waals surface area contributed by atoms with Gasteiger partial charge in [-0.3, -0.25) is 4.79 Å². The van der Waals surface area contributed by atoms with Crippen LogP contribution in [0.25, 0.3) is 0 Å². The number of carbonyl (C=O) groups is 3. The molecule has 0 saturated carbocycles. The second-order valence-corrected chi connectivity index (χ2v) is 3.67. The zero-order valence-electron chi connectivity index (χ0n) is 9.90. The molecule has 0 spiro atoms. The molecule has 0 aromatic heterocycles. The third-order valence-corrected chi connectivity index (χ3v) is 1.87. The van der Waals surface area contributed by atoms with Gasteiger partial charge in [0.15, 0.2) is 0 Å². The van der Waals surface area contributed by atoms with Crippen LogP contribution in [0.15, 0.2) is 0 Å². The summed E-state index contributed by atoms with van der Waals surface area (Å²) in [6, 6.07) is -0.823. The molecule has 92 valence electrons. The summed E-state index contributed by atoms with van der Waals surface area (Å²) < 4.78 is 8.75. The molecule has 0 unspecified atom stereocenters. The molecule has 0 aliphatic heterocycles. The van der Waals surface area contributed by atoms with Crippen LogP contribution in [-0.4, -0.2) is 38.1 Å². The summed E-state index contributed by atoms with van der Waals surface area (Å²) >= 11 is 0. The lowest BCUT2D eigenvalue weighted by Gasteiger charge is -2.17. The van der Waals surface area contributed by atoms with Gasteiger partial charge in [0.05, 0.1) is 14.2 Å². The molecule has 16 heavy (non-hydrogen) atoms. The lowest BCUT2D eigenvalue weighted by molar-refractivity contribution is -0.154. The molecule has 0 rings (SSSR count). The first-order valence-electron chi connectivity index (χ1n) is 4.89. The Kier molecular flexibility index (Phi) is 6.14. The van der Waals surface area contributed by atoms with E-state index in [9.17, 15) is 14.4 Å². The fourth-order valence-corrected chi connectivity index (χ4v) is 1.14. The van der Waals surface area contributed by atoms with Crippen molar-refractivity contribution in [3.8, 4) is 0 Å². The topological polar surface area (TPSA) is 81.7 Å². The first kappa shape index (κ1) is 14.4. The van der Waals surface area contributed by atoms with E-state index in [1.54, 1.807) is 0 Å². The van der Waals surface area contributed by atoms with Crippen molar-refractivity contribution in [2.75, 3.05) is 14.2 Å². The van der Waals surface area contributed by atoms with Gasteiger partial charge in [-0.25, -0.2) is 9.59 Å². The summed E-state index contributed by atoms with van der Waals surface area (Å²) in [5, 5.41) is 2.26. The van der Waals surface area contributed by atoms with Crippen molar-refractivity contribution in [1.82, 2.24) is 5.32 Å². The molecule has 0 bridgehead atoms. The Hall–Kier alpha value is -1.59. The van der Waals surface area contributed by atoms with Gasteiger partial charge < -0.3 is 14.8 Å². The van der Waals surface area contributed by atoms with Crippen LogP contribution in [0.3, 0.4) is 0 Å². The molecule has 0 aromatic carbocycles. The van der Waals surface area contributed by atoms with Crippen LogP contribution in [0.2, 0.25) is 0 Å². The number of hydrogen-bond acceptors (Lipinski definition) is 5. The summed E-state index contributed by atoms with van der Waals surface area (Å²) in [7, 11) is 2.32. The Morgan fingerprint density at radius 1 is 1.12 bits per heavy atom. The lowest BCUT2D eigenvalue weighted by Crippen LogP contribution is -2.45. The average Bonchev–Trinajstić information content (AvgIpc) is 2.25. The molecule has 0 heterocycles. The highest BCUT2D eigenvalue weighted by atomic mass is 16.5. The standard InChI is InChI=1S/C10H17NO5/c1-6(2)5-7(9(13)15-3)11-8(12)10(14)16-4/h6-7H,5H2,1-4H3,(H,11,12)/t7-/m0/s1. The second-order valence-electron chi connectivity index (χ2n) is 3.67. The number of esters is 2. The van der Waals surface area contributed by atoms with Crippen LogP contribution in [0.5, 0.6) is 0 Å². The molecule has 0 aliphatic rings. The molecular formula is C10H17NO5. The Labute approximate surface area is 94.3 Å². The monoisotopic (exact) mass is 231 g/mol. The predicted octanol–water partition coefficient (Wildman–Crippen LogP) is -0.137. The number of carbonyl (C=O) groups excluding carboxylic acids is 3. The largest absolute Gasteiger partial charge is 0.467 e. The highest BCUT2D eigenvalue weighted by Gasteiger charge is 2.25. The van der Waals surface area contributed by atoms with Crippen molar-refractivity contribution >= 4 is 17.8 Å². The molecule has 1 atom stereocenters. The van der Waals surface area contributed by atoms with E-state index in [-0.39, 0.29) is 5.92 Å². The van der Waals surface area contributed by atoms with Crippen LogP contribution < -0.4 is 5.32 Å². The van der Waals surface area contributed by atoms with Crippen LogP contribution >= 0.6 is 0 Å². The van der Waals surface area contributed by atoms with E-state index >= 15 is 0 Å². The van der Waals surface area contributed by atoms with Crippen molar-refractivity contribution in [1.29, 1.82) is 0 Å². The summed E-state index contributed by atoms with van der Waals surface area (Å²) in [5.74, 6) is -2.37. The number of amides is 1. The fourth-order valence-electron chi connectivity index (χ4n) is 1.14. The Bertz CT molecular complexity index is 274. The Balaban J connectivity index is 4.48. The fraction of sp³-hybridized carbons (Fsp3) is 0.700. The van der Waals surface area contributed by atoms with Crippen molar-refractivity contribution < 1.29 is 23.9 Å².